The molecular weight excluding hydrogens is 271 g/mol. The lowest BCUT2D eigenvalue weighted by atomic mass is 10.1. The van der Waals surface area contributed by atoms with Crippen molar-refractivity contribution in [3.8, 4) is 6.07 Å². The number of hydrogen-bond donors (Lipinski definition) is 0. The van der Waals surface area contributed by atoms with E-state index in [0.29, 0.717) is 0 Å². The Bertz CT molecular complexity index is 642. The lowest BCUT2D eigenvalue weighted by Gasteiger charge is -2.05. The zero-order chi connectivity index (χ0) is 13.8. The van der Waals surface area contributed by atoms with Crippen LogP contribution in [0.15, 0.2) is 24.5 Å². The molecule has 2 rings (SSSR count). The largest absolute Gasteiger partial charge is 0.297 e. The highest BCUT2D eigenvalue weighted by atomic mass is 35.5. The smallest absolute Gasteiger partial charge is 0.252 e. The maximum Gasteiger partial charge on any atom is 0.252 e. The molecule has 1 aromatic heterocycles. The van der Waals surface area contributed by atoms with Gasteiger partial charge in [-0.15, -0.1) is 5.10 Å². The fourth-order valence-electron chi connectivity index (χ4n) is 1.56. The van der Waals surface area contributed by atoms with Gasteiger partial charge in [0.15, 0.2) is 5.78 Å². The maximum atomic E-state index is 13.5. The molecule has 0 N–H and O–H groups in total. The van der Waals surface area contributed by atoms with E-state index in [9.17, 15) is 9.18 Å². The van der Waals surface area contributed by atoms with Crippen LogP contribution in [0, 0.1) is 17.1 Å². The molecule has 0 amide bonds. The van der Waals surface area contributed by atoms with Gasteiger partial charge in [-0.2, -0.15) is 5.26 Å². The molecule has 5 nitrogen and oxygen atoms in total. The molecule has 0 spiro atoms. The number of aromatic nitrogens is 3. The molecule has 1 aromatic carbocycles. The summed E-state index contributed by atoms with van der Waals surface area (Å²) in [6.45, 7) is -0.0840. The summed E-state index contributed by atoms with van der Waals surface area (Å²) in [5.74, 6) is -0.810. The third kappa shape index (κ3) is 3.14. The van der Waals surface area contributed by atoms with Gasteiger partial charge in [0.1, 0.15) is 24.8 Å². The number of nitrogens with zero attached hydrogens (tertiary/aromatic N) is 4. The van der Waals surface area contributed by atoms with Crippen molar-refractivity contribution in [1.29, 1.82) is 5.26 Å². The lowest BCUT2D eigenvalue weighted by Crippen LogP contribution is -2.14. The van der Waals surface area contributed by atoms with E-state index in [1.54, 1.807) is 6.07 Å². The van der Waals surface area contributed by atoms with Crippen molar-refractivity contribution in [1.82, 2.24) is 14.8 Å². The number of halogens is 2. The first-order valence-corrected chi connectivity index (χ1v) is 5.72. The van der Waals surface area contributed by atoms with Gasteiger partial charge >= 0.3 is 0 Å². The summed E-state index contributed by atoms with van der Waals surface area (Å²) in [4.78, 5) is 15.5. The highest BCUT2D eigenvalue weighted by Gasteiger charge is 2.13. The average molecular weight is 279 g/mol. The summed E-state index contributed by atoms with van der Waals surface area (Å²) in [7, 11) is 0. The molecule has 0 radical (unpaired) electrons. The van der Waals surface area contributed by atoms with E-state index in [4.69, 9.17) is 16.9 Å². The van der Waals surface area contributed by atoms with E-state index in [1.807, 2.05) is 0 Å². The molecule has 0 saturated carbocycles. The van der Waals surface area contributed by atoms with Gasteiger partial charge < -0.3 is 0 Å². The number of carbonyl (C=O) groups is 1. The first-order chi connectivity index (χ1) is 9.10. The number of Topliss-reactive ketones (excluding diaryl/α,β-unsaturated/α-hetero) is 1. The topological polar surface area (TPSA) is 71.6 Å². The monoisotopic (exact) mass is 278 g/mol. The van der Waals surface area contributed by atoms with Gasteiger partial charge in [0.2, 0.25) is 0 Å². The van der Waals surface area contributed by atoms with Crippen LogP contribution in [0.1, 0.15) is 11.4 Å². The zero-order valence-corrected chi connectivity index (χ0v) is 10.4. The SMILES string of the molecule is N#Cc1ncn(CC(=O)Cc2c(F)cccc2Cl)n1. The van der Waals surface area contributed by atoms with E-state index >= 15 is 0 Å². The highest BCUT2D eigenvalue weighted by Crippen LogP contribution is 2.19. The summed E-state index contributed by atoms with van der Waals surface area (Å²) < 4.78 is 14.7. The molecule has 0 aliphatic carbocycles. The van der Waals surface area contributed by atoms with E-state index < -0.39 is 5.82 Å². The number of hydrogen-bond acceptors (Lipinski definition) is 4. The number of benzene rings is 1. The van der Waals surface area contributed by atoms with Crippen LogP contribution in [0.4, 0.5) is 4.39 Å². The van der Waals surface area contributed by atoms with Crippen molar-refractivity contribution >= 4 is 17.4 Å². The first kappa shape index (κ1) is 13.2. The quantitative estimate of drug-likeness (QED) is 0.854. The molecule has 0 unspecified atom stereocenters. The van der Waals surface area contributed by atoms with Crippen LogP contribution in [0.5, 0.6) is 0 Å². The summed E-state index contributed by atoms with van der Waals surface area (Å²) >= 11 is 5.83. The molecule has 19 heavy (non-hydrogen) atoms. The van der Waals surface area contributed by atoms with Crippen molar-refractivity contribution in [3.63, 3.8) is 0 Å². The Morgan fingerprint density at radius 3 is 2.95 bits per heavy atom. The van der Waals surface area contributed by atoms with Gasteiger partial charge in [-0.25, -0.2) is 14.1 Å². The van der Waals surface area contributed by atoms with Crippen molar-refractivity contribution in [2.45, 2.75) is 13.0 Å². The Hall–Kier alpha value is -2.26. The molecule has 7 heteroatoms. The van der Waals surface area contributed by atoms with Gasteiger partial charge in [0.25, 0.3) is 5.82 Å². The molecule has 0 aliphatic rings. The van der Waals surface area contributed by atoms with Crippen molar-refractivity contribution in [3.05, 3.63) is 46.8 Å². The lowest BCUT2D eigenvalue weighted by molar-refractivity contribution is -0.119. The second-order valence-corrected chi connectivity index (χ2v) is 4.20. The summed E-state index contributed by atoms with van der Waals surface area (Å²) in [5.41, 5.74) is 0.162. The van der Waals surface area contributed by atoms with Crippen molar-refractivity contribution in [2.24, 2.45) is 0 Å². The molecule has 1 heterocycles. The minimum Gasteiger partial charge on any atom is -0.297 e. The standard InChI is InChI=1S/C12H8ClFN4O/c13-10-2-1-3-11(14)9(10)4-8(19)6-18-7-16-12(5-15)17-18/h1-3,7H,4,6H2. The first-order valence-electron chi connectivity index (χ1n) is 5.34. The van der Waals surface area contributed by atoms with Crippen LogP contribution in [-0.2, 0) is 17.8 Å². The predicted octanol–water partition coefficient (Wildman–Crippen LogP) is 1.75. The Morgan fingerprint density at radius 2 is 2.32 bits per heavy atom. The minimum atomic E-state index is -0.517. The van der Waals surface area contributed by atoms with Gasteiger partial charge in [-0.3, -0.25) is 4.79 Å². The zero-order valence-electron chi connectivity index (χ0n) is 9.68. The average Bonchev–Trinajstić information content (AvgIpc) is 2.81. The molecule has 0 saturated heterocycles. The number of nitriles is 1. The van der Waals surface area contributed by atoms with Gasteiger partial charge in [0, 0.05) is 17.0 Å². The van der Waals surface area contributed by atoms with Crippen molar-refractivity contribution < 1.29 is 9.18 Å². The maximum absolute atomic E-state index is 13.5. The fourth-order valence-corrected chi connectivity index (χ4v) is 1.79. The molecule has 96 valence electrons. The van der Waals surface area contributed by atoms with Crippen LogP contribution in [0.3, 0.4) is 0 Å². The van der Waals surface area contributed by atoms with Gasteiger partial charge in [-0.1, -0.05) is 17.7 Å². The fraction of sp³-hybridized carbons (Fsp3) is 0.167. The Morgan fingerprint density at radius 1 is 1.53 bits per heavy atom. The van der Waals surface area contributed by atoms with E-state index in [-0.39, 0.29) is 35.2 Å². The van der Waals surface area contributed by atoms with Gasteiger partial charge in [0.05, 0.1) is 0 Å². The predicted molar refractivity (Wildman–Crippen MR) is 64.9 cm³/mol. The van der Waals surface area contributed by atoms with Crippen LogP contribution in [-0.4, -0.2) is 20.5 Å². The molecular formula is C12H8ClFN4O. The van der Waals surface area contributed by atoms with Crippen molar-refractivity contribution in [2.75, 3.05) is 0 Å². The summed E-state index contributed by atoms with van der Waals surface area (Å²) in [6.07, 6.45) is 1.15. The Labute approximate surface area is 113 Å². The van der Waals surface area contributed by atoms with Gasteiger partial charge in [-0.05, 0) is 12.1 Å². The third-order valence-electron chi connectivity index (χ3n) is 2.41. The minimum absolute atomic E-state index is 0.0169. The highest BCUT2D eigenvalue weighted by molar-refractivity contribution is 6.31. The number of carbonyl (C=O) groups excluding carboxylic acids is 1. The van der Waals surface area contributed by atoms with Crippen LogP contribution < -0.4 is 0 Å². The number of rotatable bonds is 4. The molecule has 0 aliphatic heterocycles. The van der Waals surface area contributed by atoms with Crippen LogP contribution in [0.2, 0.25) is 5.02 Å². The third-order valence-corrected chi connectivity index (χ3v) is 2.76. The van der Waals surface area contributed by atoms with E-state index in [1.165, 1.54) is 29.2 Å². The Kier molecular flexibility index (Phi) is 3.88. The Balaban J connectivity index is 2.08. The van der Waals surface area contributed by atoms with Crippen LogP contribution >= 0.6 is 11.6 Å². The number of ketones is 1. The van der Waals surface area contributed by atoms with E-state index in [2.05, 4.69) is 10.1 Å². The second-order valence-electron chi connectivity index (χ2n) is 3.79. The normalized spacial score (nSPS) is 10.2. The molecule has 0 fully saturated rings. The van der Waals surface area contributed by atoms with E-state index in [0.717, 1.165) is 0 Å². The van der Waals surface area contributed by atoms with Crippen LogP contribution in [0.25, 0.3) is 0 Å². The molecule has 2 aromatic rings. The molecule has 0 atom stereocenters. The molecule has 0 bridgehead atoms. The second kappa shape index (κ2) is 5.59. The summed E-state index contributed by atoms with van der Waals surface area (Å²) in [5, 5.41) is 12.5. The summed E-state index contributed by atoms with van der Waals surface area (Å²) in [6, 6.07) is 6.00.